The normalized spacial score (nSPS) is 42.4. The van der Waals surface area contributed by atoms with E-state index in [9.17, 15) is 5.11 Å². The van der Waals surface area contributed by atoms with E-state index in [0.717, 1.165) is 37.4 Å². The SMILES string of the molecule is CO[C@]12CC[C@@]3(C[C@@H]1COCc1ccccc1)[C@H]1Cc4ccc(O)c5c4[C@@]3(CC[N+]1(C)CC1CC1)[C@H]2O5. The molecule has 0 amide bonds. The third-order valence-electron chi connectivity index (χ3n) is 12.0. The van der Waals surface area contributed by atoms with E-state index in [1.54, 1.807) is 0 Å². The van der Waals surface area contributed by atoms with E-state index < -0.39 is 0 Å². The predicted octanol–water partition coefficient (Wildman–Crippen LogP) is 4.98. The topological polar surface area (TPSA) is 47.9 Å². The van der Waals surface area contributed by atoms with Crippen LogP contribution in [0.15, 0.2) is 42.5 Å². The van der Waals surface area contributed by atoms with E-state index in [1.165, 1.54) is 53.5 Å². The number of piperidine rings is 1. The molecule has 2 heterocycles. The van der Waals surface area contributed by atoms with Gasteiger partial charge in [-0.05, 0) is 49.3 Å². The average Bonchev–Trinajstić information content (AvgIpc) is 3.64. The largest absolute Gasteiger partial charge is 0.504 e. The molecule has 2 aliphatic heterocycles. The molecule has 2 aromatic carbocycles. The van der Waals surface area contributed by atoms with Gasteiger partial charge in [0, 0.05) is 42.8 Å². The van der Waals surface area contributed by atoms with E-state index in [4.69, 9.17) is 14.2 Å². The quantitative estimate of drug-likeness (QED) is 0.543. The Morgan fingerprint density at radius 2 is 1.92 bits per heavy atom. The van der Waals surface area contributed by atoms with Crippen LogP contribution in [0.4, 0.5) is 0 Å². The molecule has 2 spiro atoms. The molecule has 0 radical (unpaired) electrons. The zero-order valence-corrected chi connectivity index (χ0v) is 22.2. The molecule has 7 aliphatic rings. The van der Waals surface area contributed by atoms with Gasteiger partial charge in [-0.1, -0.05) is 36.4 Å². The minimum atomic E-state index is -0.389. The van der Waals surface area contributed by atoms with Crippen LogP contribution in [0.5, 0.6) is 11.5 Å². The van der Waals surface area contributed by atoms with E-state index in [-0.39, 0.29) is 28.5 Å². The monoisotopic (exact) mass is 502 g/mol. The summed E-state index contributed by atoms with van der Waals surface area (Å²) in [5, 5.41) is 11.0. The highest BCUT2D eigenvalue weighted by Gasteiger charge is 2.83. The fourth-order valence-electron chi connectivity index (χ4n) is 10.3. The van der Waals surface area contributed by atoms with Crippen LogP contribution in [0.3, 0.4) is 0 Å². The van der Waals surface area contributed by atoms with E-state index in [2.05, 4.69) is 43.4 Å². The lowest BCUT2D eigenvalue weighted by atomic mass is 9.34. The van der Waals surface area contributed by atoms with Crippen molar-refractivity contribution in [1.29, 1.82) is 0 Å². The summed E-state index contributed by atoms with van der Waals surface area (Å²) in [4.78, 5) is 0. The number of phenolic OH excluding ortho intramolecular Hbond substituents is 1. The summed E-state index contributed by atoms with van der Waals surface area (Å²) in [7, 11) is 4.46. The van der Waals surface area contributed by atoms with Gasteiger partial charge in [0.2, 0.25) is 0 Å². The maximum atomic E-state index is 11.0. The minimum absolute atomic E-state index is 0.0580. The molecule has 7 atom stereocenters. The van der Waals surface area contributed by atoms with Crippen LogP contribution in [-0.2, 0) is 27.9 Å². The molecular weight excluding hydrogens is 462 g/mol. The molecule has 196 valence electrons. The third-order valence-corrected chi connectivity index (χ3v) is 12.0. The first-order valence-electron chi connectivity index (χ1n) is 14.5. The molecule has 37 heavy (non-hydrogen) atoms. The first-order chi connectivity index (χ1) is 18.0. The number of likely N-dealkylation sites (tertiary alicyclic amines) is 1. The van der Waals surface area contributed by atoms with Crippen molar-refractivity contribution in [2.75, 3.05) is 33.9 Å². The summed E-state index contributed by atoms with van der Waals surface area (Å²) >= 11 is 0. The van der Waals surface area contributed by atoms with Gasteiger partial charge in [0.15, 0.2) is 11.5 Å². The fourth-order valence-corrected chi connectivity index (χ4v) is 10.3. The second-order valence-corrected chi connectivity index (χ2v) is 13.4. The number of hydrogen-bond donors (Lipinski definition) is 1. The van der Waals surface area contributed by atoms with E-state index >= 15 is 0 Å². The number of rotatable bonds is 7. The van der Waals surface area contributed by atoms with Gasteiger partial charge < -0.3 is 23.8 Å². The predicted molar refractivity (Wildman–Crippen MR) is 141 cm³/mol. The van der Waals surface area contributed by atoms with Crippen molar-refractivity contribution >= 4 is 0 Å². The first kappa shape index (κ1) is 22.9. The van der Waals surface area contributed by atoms with Crippen molar-refractivity contribution < 1.29 is 23.8 Å². The van der Waals surface area contributed by atoms with Gasteiger partial charge in [0.25, 0.3) is 0 Å². The van der Waals surface area contributed by atoms with Gasteiger partial charge in [0.1, 0.15) is 11.7 Å². The number of phenols is 1. The lowest BCUT2D eigenvalue weighted by Crippen LogP contribution is -2.83. The Morgan fingerprint density at radius 1 is 1.08 bits per heavy atom. The smallest absolute Gasteiger partial charge is 0.165 e. The Hall–Kier alpha value is -2.08. The highest BCUT2D eigenvalue weighted by atomic mass is 16.6. The molecule has 1 saturated heterocycles. The van der Waals surface area contributed by atoms with Crippen LogP contribution < -0.4 is 4.74 Å². The minimum Gasteiger partial charge on any atom is -0.504 e. The number of ether oxygens (including phenoxy) is 3. The van der Waals surface area contributed by atoms with Crippen molar-refractivity contribution in [1.82, 2.24) is 0 Å². The van der Waals surface area contributed by atoms with Crippen molar-refractivity contribution in [3.05, 3.63) is 59.2 Å². The van der Waals surface area contributed by atoms with Crippen molar-refractivity contribution in [2.45, 2.75) is 74.7 Å². The summed E-state index contributed by atoms with van der Waals surface area (Å²) in [6.07, 6.45) is 8.31. The zero-order valence-electron chi connectivity index (χ0n) is 22.2. The summed E-state index contributed by atoms with van der Waals surface area (Å²) < 4.78 is 21.2. The highest BCUT2D eigenvalue weighted by Crippen LogP contribution is 2.77. The highest BCUT2D eigenvalue weighted by molar-refractivity contribution is 5.62. The lowest BCUT2D eigenvalue weighted by Gasteiger charge is -2.74. The van der Waals surface area contributed by atoms with Crippen LogP contribution in [0.25, 0.3) is 0 Å². The van der Waals surface area contributed by atoms with Gasteiger partial charge in [-0.3, -0.25) is 0 Å². The van der Waals surface area contributed by atoms with Crippen LogP contribution >= 0.6 is 0 Å². The van der Waals surface area contributed by atoms with E-state index in [0.29, 0.717) is 25.0 Å². The number of methoxy groups -OCH3 is 1. The van der Waals surface area contributed by atoms with Crippen LogP contribution in [-0.4, -0.2) is 61.2 Å². The standard InChI is InChI=1S/C32H39NO4/c1-33(18-21-8-9-21)15-14-31-27-23-10-11-25(34)28(27)37-29(31)32(35-2)13-12-30(31,26(33)16-23)17-24(32)20-36-19-22-6-4-3-5-7-22/h3-7,10-11,21,24,26,29H,8-9,12-20H2,1-2H3/p+1/t24-,26-,29-,30-,31+,32-,33?/m1/s1. The number of fused-ring (bicyclic) bond motifs is 2. The van der Waals surface area contributed by atoms with Crippen LogP contribution in [0, 0.1) is 17.3 Å². The molecule has 0 aromatic heterocycles. The van der Waals surface area contributed by atoms with Gasteiger partial charge in [-0.2, -0.15) is 0 Å². The summed E-state index contributed by atoms with van der Waals surface area (Å²) in [6.45, 7) is 3.84. The number of nitrogens with zero attached hydrogens (tertiary/aromatic N) is 1. The Bertz CT molecular complexity index is 1240. The van der Waals surface area contributed by atoms with E-state index in [1.807, 2.05) is 13.2 Å². The second kappa shape index (κ2) is 7.52. The third kappa shape index (κ3) is 2.76. The molecule has 4 bridgehead atoms. The maximum absolute atomic E-state index is 11.0. The summed E-state index contributed by atoms with van der Waals surface area (Å²) in [6, 6.07) is 15.2. The van der Waals surface area contributed by atoms with Crippen molar-refractivity contribution in [2.24, 2.45) is 17.3 Å². The van der Waals surface area contributed by atoms with Gasteiger partial charge in [-0.15, -0.1) is 0 Å². The number of likely N-dealkylation sites (N-methyl/N-ethyl adjacent to an activating group) is 1. The van der Waals surface area contributed by atoms with Crippen molar-refractivity contribution in [3.63, 3.8) is 0 Å². The molecular formula is C32H40NO4+. The maximum Gasteiger partial charge on any atom is 0.165 e. The first-order valence-corrected chi connectivity index (χ1v) is 14.5. The number of quaternary nitrogens is 1. The Balaban J connectivity index is 1.24. The van der Waals surface area contributed by atoms with Gasteiger partial charge >= 0.3 is 0 Å². The Kier molecular flexibility index (Phi) is 4.65. The summed E-state index contributed by atoms with van der Waals surface area (Å²) in [5.74, 6) is 2.25. The van der Waals surface area contributed by atoms with Crippen LogP contribution in [0.2, 0.25) is 0 Å². The molecule has 4 saturated carbocycles. The Morgan fingerprint density at radius 3 is 2.70 bits per heavy atom. The van der Waals surface area contributed by atoms with Gasteiger partial charge in [0.05, 0.1) is 44.8 Å². The molecule has 1 unspecified atom stereocenters. The Labute approximate surface area is 220 Å². The number of benzene rings is 2. The summed E-state index contributed by atoms with van der Waals surface area (Å²) in [5.41, 5.74) is 3.68. The molecule has 1 N–H and O–H groups in total. The lowest BCUT2D eigenvalue weighted by molar-refractivity contribution is -0.952. The molecule has 5 fully saturated rings. The van der Waals surface area contributed by atoms with Gasteiger partial charge in [-0.25, -0.2) is 0 Å². The zero-order chi connectivity index (χ0) is 25.0. The van der Waals surface area contributed by atoms with Crippen molar-refractivity contribution in [3.8, 4) is 11.5 Å². The fraction of sp³-hybridized carbons (Fsp3) is 0.625. The number of hydrogen-bond acceptors (Lipinski definition) is 4. The molecule has 5 nitrogen and oxygen atoms in total. The molecule has 2 aromatic rings. The molecule has 5 aliphatic carbocycles. The number of aromatic hydroxyl groups is 1. The molecule has 9 rings (SSSR count). The van der Waals surface area contributed by atoms with Crippen LogP contribution in [0.1, 0.15) is 55.2 Å². The average molecular weight is 503 g/mol. The molecule has 5 heteroatoms. The second-order valence-electron chi connectivity index (χ2n) is 13.4.